The first kappa shape index (κ1) is 16.5. The molecule has 1 saturated heterocycles. The maximum atomic E-state index is 9.99. The van der Waals surface area contributed by atoms with Gasteiger partial charge >= 0.3 is 0 Å². The van der Waals surface area contributed by atoms with Crippen LogP contribution in [0.15, 0.2) is 23.5 Å². The van der Waals surface area contributed by atoms with E-state index in [4.69, 9.17) is 9.47 Å². The summed E-state index contributed by atoms with van der Waals surface area (Å²) in [6, 6.07) is 0. The molecule has 0 aromatic heterocycles. The lowest BCUT2D eigenvalue weighted by Gasteiger charge is -2.38. The molecule has 4 atom stereocenters. The molecule has 0 unspecified atom stereocenters. The molecule has 120 valence electrons. The van der Waals surface area contributed by atoms with E-state index in [-0.39, 0.29) is 12.0 Å². The van der Waals surface area contributed by atoms with Crippen LogP contribution in [0.2, 0.25) is 0 Å². The molecule has 0 spiro atoms. The number of aliphatic hydroxyl groups excluding tert-OH is 3. The minimum Gasteiger partial charge on any atom is -0.466 e. The smallest absolute Gasteiger partial charge is 0.228 e. The first-order valence-electron chi connectivity index (χ1n) is 7.46. The van der Waals surface area contributed by atoms with Crippen molar-refractivity contribution in [3.05, 3.63) is 23.5 Å². The third-order valence-corrected chi connectivity index (χ3v) is 3.99. The van der Waals surface area contributed by atoms with E-state index in [1.807, 2.05) is 0 Å². The third-order valence-electron chi connectivity index (χ3n) is 3.99. The van der Waals surface area contributed by atoms with Crippen molar-refractivity contribution >= 4 is 0 Å². The van der Waals surface area contributed by atoms with Gasteiger partial charge in [-0.1, -0.05) is 39.8 Å². The predicted molar refractivity (Wildman–Crippen MR) is 78.2 cm³/mol. The Balaban J connectivity index is 2.17. The summed E-state index contributed by atoms with van der Waals surface area (Å²) < 4.78 is 11.2. The molecule has 2 rings (SSSR count). The number of allylic oxidation sites excluding steroid dienone is 4. The van der Waals surface area contributed by atoms with Gasteiger partial charge in [0.2, 0.25) is 6.29 Å². The molecule has 1 fully saturated rings. The molecule has 1 heterocycles. The number of hydrogen-bond donors (Lipinski definition) is 3. The number of hydrogen-bond acceptors (Lipinski definition) is 5. The first-order valence-corrected chi connectivity index (χ1v) is 7.46. The van der Waals surface area contributed by atoms with Crippen LogP contribution in [0.4, 0.5) is 0 Å². The predicted octanol–water partition coefficient (Wildman–Crippen LogP) is 1.34. The van der Waals surface area contributed by atoms with Crippen molar-refractivity contribution in [3.8, 4) is 0 Å². The summed E-state index contributed by atoms with van der Waals surface area (Å²) in [5.74, 6) is 1.08. The molecule has 0 saturated carbocycles. The van der Waals surface area contributed by atoms with Gasteiger partial charge in [-0.05, 0) is 16.9 Å². The highest BCUT2D eigenvalue weighted by molar-refractivity contribution is 5.31. The Bertz CT molecular complexity index is 438. The Kier molecular flexibility index (Phi) is 4.78. The van der Waals surface area contributed by atoms with Crippen LogP contribution >= 0.6 is 0 Å². The molecule has 5 nitrogen and oxygen atoms in total. The van der Waals surface area contributed by atoms with Crippen LogP contribution in [0.25, 0.3) is 0 Å². The van der Waals surface area contributed by atoms with Gasteiger partial charge in [-0.15, -0.1) is 0 Å². The van der Waals surface area contributed by atoms with Crippen molar-refractivity contribution in [2.45, 2.75) is 58.7 Å². The topological polar surface area (TPSA) is 79.2 Å². The summed E-state index contributed by atoms with van der Waals surface area (Å²) in [5.41, 5.74) is 1.05. The van der Waals surface area contributed by atoms with Gasteiger partial charge in [0.15, 0.2) is 0 Å². The zero-order valence-electron chi connectivity index (χ0n) is 13.1. The molecule has 0 aromatic rings. The molecule has 0 amide bonds. The van der Waals surface area contributed by atoms with Crippen LogP contribution < -0.4 is 0 Å². The fraction of sp³-hybridized carbons (Fsp3) is 0.750. The van der Waals surface area contributed by atoms with Crippen molar-refractivity contribution in [1.82, 2.24) is 0 Å². The zero-order chi connectivity index (χ0) is 15.8. The SMILES string of the molecule is CC(C)C1=C(O[C@@H]2OC[C@H](O)[C@H](O)[C@H]2O)CC(C)(C)C=C1. The zero-order valence-corrected chi connectivity index (χ0v) is 13.1. The van der Waals surface area contributed by atoms with Gasteiger partial charge in [0.25, 0.3) is 0 Å². The molecule has 21 heavy (non-hydrogen) atoms. The van der Waals surface area contributed by atoms with Crippen molar-refractivity contribution in [1.29, 1.82) is 0 Å². The highest BCUT2D eigenvalue weighted by Crippen LogP contribution is 2.37. The highest BCUT2D eigenvalue weighted by Gasteiger charge is 2.40. The standard InChI is InChI=1S/C16H26O5/c1-9(2)10-5-6-16(3,4)7-12(10)21-15-14(19)13(18)11(17)8-20-15/h5-6,9,11,13-15,17-19H,7-8H2,1-4H3/t11-,13-,14+,15-/m0/s1. The van der Waals surface area contributed by atoms with E-state index in [2.05, 4.69) is 39.8 Å². The molecular formula is C16H26O5. The lowest BCUT2D eigenvalue weighted by molar-refractivity contribution is -0.259. The second kappa shape index (κ2) is 6.08. The maximum Gasteiger partial charge on any atom is 0.228 e. The fourth-order valence-electron chi connectivity index (χ4n) is 2.63. The second-order valence-electron chi connectivity index (χ2n) is 6.90. The number of ether oxygens (including phenoxy) is 2. The van der Waals surface area contributed by atoms with Crippen LogP contribution in [0.3, 0.4) is 0 Å². The molecule has 1 aliphatic heterocycles. The molecule has 0 bridgehead atoms. The van der Waals surface area contributed by atoms with Gasteiger partial charge in [0, 0.05) is 6.42 Å². The number of aliphatic hydroxyl groups is 3. The molecule has 0 aromatic carbocycles. The van der Waals surface area contributed by atoms with Crippen molar-refractivity contribution in [2.75, 3.05) is 6.61 Å². The third kappa shape index (κ3) is 3.66. The van der Waals surface area contributed by atoms with Crippen LogP contribution in [0.1, 0.15) is 34.1 Å². The highest BCUT2D eigenvalue weighted by atomic mass is 16.7. The van der Waals surface area contributed by atoms with Crippen molar-refractivity contribution < 1.29 is 24.8 Å². The van der Waals surface area contributed by atoms with Gasteiger partial charge in [-0.25, -0.2) is 0 Å². The van der Waals surface area contributed by atoms with E-state index >= 15 is 0 Å². The van der Waals surface area contributed by atoms with Gasteiger partial charge in [-0.3, -0.25) is 0 Å². The Hall–Kier alpha value is -0.880. The lowest BCUT2D eigenvalue weighted by Crippen LogP contribution is -2.53. The minimum atomic E-state index is -1.26. The largest absolute Gasteiger partial charge is 0.466 e. The van der Waals surface area contributed by atoms with Crippen LogP contribution in [-0.2, 0) is 9.47 Å². The van der Waals surface area contributed by atoms with Crippen LogP contribution in [0, 0.1) is 11.3 Å². The Labute approximate surface area is 125 Å². The first-order chi connectivity index (χ1) is 9.71. The average Bonchev–Trinajstić information content (AvgIpc) is 2.38. The molecule has 5 heteroatoms. The summed E-state index contributed by atoms with van der Waals surface area (Å²) in [5, 5.41) is 29.2. The van der Waals surface area contributed by atoms with E-state index in [0.717, 1.165) is 11.3 Å². The van der Waals surface area contributed by atoms with Crippen LogP contribution in [0.5, 0.6) is 0 Å². The molecular weight excluding hydrogens is 272 g/mol. The second-order valence-corrected chi connectivity index (χ2v) is 6.90. The molecule has 2 aliphatic rings. The normalized spacial score (nSPS) is 36.2. The van der Waals surface area contributed by atoms with E-state index < -0.39 is 24.6 Å². The summed E-state index contributed by atoms with van der Waals surface area (Å²) in [7, 11) is 0. The van der Waals surface area contributed by atoms with Crippen LogP contribution in [-0.4, -0.2) is 46.5 Å². The lowest BCUT2D eigenvalue weighted by atomic mass is 9.80. The average molecular weight is 298 g/mol. The maximum absolute atomic E-state index is 9.99. The van der Waals surface area contributed by atoms with E-state index in [1.165, 1.54) is 0 Å². The van der Waals surface area contributed by atoms with E-state index in [1.54, 1.807) is 0 Å². The summed E-state index contributed by atoms with van der Waals surface area (Å²) >= 11 is 0. The van der Waals surface area contributed by atoms with Gasteiger partial charge < -0.3 is 24.8 Å². The fourth-order valence-corrected chi connectivity index (χ4v) is 2.63. The monoisotopic (exact) mass is 298 g/mol. The van der Waals surface area contributed by atoms with E-state index in [9.17, 15) is 15.3 Å². The molecule has 1 aliphatic carbocycles. The summed E-state index contributed by atoms with van der Waals surface area (Å²) in [6.07, 6.45) is 0.385. The van der Waals surface area contributed by atoms with Gasteiger partial charge in [-0.2, -0.15) is 0 Å². The Morgan fingerprint density at radius 3 is 2.52 bits per heavy atom. The summed E-state index contributed by atoms with van der Waals surface area (Å²) in [6.45, 7) is 8.34. The summed E-state index contributed by atoms with van der Waals surface area (Å²) in [4.78, 5) is 0. The molecule has 3 N–H and O–H groups in total. The van der Waals surface area contributed by atoms with Crippen molar-refractivity contribution in [3.63, 3.8) is 0 Å². The van der Waals surface area contributed by atoms with Crippen molar-refractivity contribution in [2.24, 2.45) is 11.3 Å². The minimum absolute atomic E-state index is 0.0223. The Morgan fingerprint density at radius 1 is 1.24 bits per heavy atom. The van der Waals surface area contributed by atoms with Gasteiger partial charge in [0.1, 0.15) is 24.1 Å². The quantitative estimate of drug-likeness (QED) is 0.733. The number of rotatable bonds is 3. The van der Waals surface area contributed by atoms with E-state index in [0.29, 0.717) is 12.3 Å². The Morgan fingerprint density at radius 2 is 1.90 bits per heavy atom. The van der Waals surface area contributed by atoms with Gasteiger partial charge in [0.05, 0.1) is 6.61 Å². The molecule has 0 radical (unpaired) electrons.